The Morgan fingerprint density at radius 3 is 2.53 bits per heavy atom. The summed E-state index contributed by atoms with van der Waals surface area (Å²) < 4.78 is 0. The highest BCUT2D eigenvalue weighted by Gasteiger charge is 2.26. The predicted octanol–water partition coefficient (Wildman–Crippen LogP) is 3.96. The summed E-state index contributed by atoms with van der Waals surface area (Å²) in [5, 5.41) is 3.72. The molecule has 2 atom stereocenters. The Labute approximate surface area is 106 Å². The smallest absolute Gasteiger partial charge is 0.0101 e. The molecule has 1 nitrogen and oxygen atoms in total. The van der Waals surface area contributed by atoms with Crippen LogP contribution in [0.15, 0.2) is 30.3 Å². The summed E-state index contributed by atoms with van der Waals surface area (Å²) in [6, 6.07) is 11.8. The molecule has 0 spiro atoms. The second kappa shape index (κ2) is 6.20. The van der Waals surface area contributed by atoms with Crippen LogP contribution in [0, 0.1) is 5.92 Å². The largest absolute Gasteiger partial charge is 0.314 e. The molecule has 1 aliphatic rings. The number of rotatable bonds is 4. The van der Waals surface area contributed by atoms with Crippen LogP contribution in [-0.4, -0.2) is 12.6 Å². The minimum atomic E-state index is 0.726. The van der Waals surface area contributed by atoms with Crippen molar-refractivity contribution >= 4 is 0 Å². The summed E-state index contributed by atoms with van der Waals surface area (Å²) in [5.74, 6) is 1.62. The Morgan fingerprint density at radius 2 is 1.88 bits per heavy atom. The zero-order valence-corrected chi connectivity index (χ0v) is 11.2. The van der Waals surface area contributed by atoms with Crippen LogP contribution in [0.25, 0.3) is 0 Å². The minimum Gasteiger partial charge on any atom is -0.314 e. The number of piperidine rings is 1. The Kier molecular flexibility index (Phi) is 4.61. The van der Waals surface area contributed by atoms with Crippen LogP contribution >= 0.6 is 0 Å². The molecular formula is C16H25N. The van der Waals surface area contributed by atoms with Gasteiger partial charge in [-0.2, -0.15) is 0 Å². The molecule has 1 heteroatoms. The topological polar surface area (TPSA) is 12.0 Å². The lowest BCUT2D eigenvalue weighted by Gasteiger charge is -2.35. The van der Waals surface area contributed by atoms with Crippen molar-refractivity contribution in [3.8, 4) is 0 Å². The lowest BCUT2D eigenvalue weighted by Crippen LogP contribution is -2.42. The molecule has 0 amide bonds. The van der Waals surface area contributed by atoms with Crippen molar-refractivity contribution in [1.29, 1.82) is 0 Å². The van der Waals surface area contributed by atoms with Crippen LogP contribution < -0.4 is 5.32 Å². The van der Waals surface area contributed by atoms with Gasteiger partial charge < -0.3 is 5.32 Å². The molecule has 1 aromatic rings. The van der Waals surface area contributed by atoms with Crippen molar-refractivity contribution in [2.75, 3.05) is 6.54 Å². The highest BCUT2D eigenvalue weighted by molar-refractivity contribution is 5.20. The summed E-state index contributed by atoms with van der Waals surface area (Å²) in [6.07, 6.45) is 5.21. The third kappa shape index (κ3) is 3.10. The van der Waals surface area contributed by atoms with E-state index >= 15 is 0 Å². The normalized spacial score (nSPS) is 25.1. The molecule has 17 heavy (non-hydrogen) atoms. The van der Waals surface area contributed by atoms with Gasteiger partial charge in [-0.1, -0.05) is 57.0 Å². The fourth-order valence-electron chi connectivity index (χ4n) is 3.20. The van der Waals surface area contributed by atoms with E-state index in [2.05, 4.69) is 49.5 Å². The third-order valence-electron chi connectivity index (χ3n) is 4.33. The summed E-state index contributed by atoms with van der Waals surface area (Å²) in [6.45, 7) is 5.82. The standard InChI is InChI=1S/C16H25N/c1-3-13(4-2)16-12-15(10-11-17-16)14-8-6-5-7-9-14/h5-9,13,15-17H,3-4,10-12H2,1-2H3/t15-,16-/m1/s1. The second-order valence-corrected chi connectivity index (χ2v) is 5.27. The quantitative estimate of drug-likeness (QED) is 0.827. The van der Waals surface area contributed by atoms with Crippen LogP contribution in [0.1, 0.15) is 51.0 Å². The monoisotopic (exact) mass is 231 g/mol. The van der Waals surface area contributed by atoms with E-state index in [1.807, 2.05) is 0 Å². The molecule has 0 radical (unpaired) electrons. The summed E-state index contributed by atoms with van der Waals surface area (Å²) in [5.41, 5.74) is 1.53. The third-order valence-corrected chi connectivity index (χ3v) is 4.33. The van der Waals surface area contributed by atoms with Crippen molar-refractivity contribution in [2.45, 2.75) is 51.5 Å². The first-order valence-electron chi connectivity index (χ1n) is 7.13. The Hall–Kier alpha value is -0.820. The van der Waals surface area contributed by atoms with Crippen LogP contribution in [0.2, 0.25) is 0 Å². The number of benzene rings is 1. The Morgan fingerprint density at radius 1 is 1.18 bits per heavy atom. The lowest BCUT2D eigenvalue weighted by atomic mass is 9.80. The van der Waals surface area contributed by atoms with Gasteiger partial charge in [-0.25, -0.2) is 0 Å². The maximum Gasteiger partial charge on any atom is 0.0101 e. The van der Waals surface area contributed by atoms with Crippen LogP contribution in [0.4, 0.5) is 0 Å². The predicted molar refractivity (Wildman–Crippen MR) is 74.3 cm³/mol. The molecule has 0 aromatic heterocycles. The summed E-state index contributed by atoms with van der Waals surface area (Å²) in [4.78, 5) is 0. The van der Waals surface area contributed by atoms with Gasteiger partial charge in [-0.05, 0) is 36.8 Å². The molecule has 94 valence electrons. The van der Waals surface area contributed by atoms with E-state index in [-0.39, 0.29) is 0 Å². The average Bonchev–Trinajstić information content (AvgIpc) is 2.42. The van der Waals surface area contributed by atoms with E-state index in [9.17, 15) is 0 Å². The van der Waals surface area contributed by atoms with E-state index < -0.39 is 0 Å². The molecule has 1 saturated heterocycles. The second-order valence-electron chi connectivity index (χ2n) is 5.27. The summed E-state index contributed by atoms with van der Waals surface area (Å²) >= 11 is 0. The van der Waals surface area contributed by atoms with Crippen molar-refractivity contribution in [3.63, 3.8) is 0 Å². The van der Waals surface area contributed by atoms with E-state index in [1.54, 1.807) is 0 Å². The Balaban J connectivity index is 2.02. The van der Waals surface area contributed by atoms with Gasteiger partial charge in [0, 0.05) is 6.04 Å². The van der Waals surface area contributed by atoms with E-state index in [1.165, 1.54) is 37.8 Å². The fraction of sp³-hybridized carbons (Fsp3) is 0.625. The zero-order chi connectivity index (χ0) is 12.1. The summed E-state index contributed by atoms with van der Waals surface area (Å²) in [7, 11) is 0. The molecule has 1 fully saturated rings. The van der Waals surface area contributed by atoms with Gasteiger partial charge in [0.2, 0.25) is 0 Å². The first-order chi connectivity index (χ1) is 8.35. The van der Waals surface area contributed by atoms with Crippen LogP contribution in [0.3, 0.4) is 0 Å². The highest BCUT2D eigenvalue weighted by Crippen LogP contribution is 2.31. The van der Waals surface area contributed by atoms with Gasteiger partial charge in [0.15, 0.2) is 0 Å². The number of nitrogens with one attached hydrogen (secondary N) is 1. The van der Waals surface area contributed by atoms with E-state index in [0.717, 1.165) is 17.9 Å². The first-order valence-corrected chi connectivity index (χ1v) is 7.13. The molecule has 0 saturated carbocycles. The molecule has 1 N–H and O–H groups in total. The average molecular weight is 231 g/mol. The lowest BCUT2D eigenvalue weighted by molar-refractivity contribution is 0.261. The van der Waals surface area contributed by atoms with Crippen molar-refractivity contribution < 1.29 is 0 Å². The van der Waals surface area contributed by atoms with E-state index in [4.69, 9.17) is 0 Å². The van der Waals surface area contributed by atoms with Crippen molar-refractivity contribution in [3.05, 3.63) is 35.9 Å². The van der Waals surface area contributed by atoms with Gasteiger partial charge >= 0.3 is 0 Å². The molecule has 0 bridgehead atoms. The molecular weight excluding hydrogens is 206 g/mol. The van der Waals surface area contributed by atoms with Gasteiger partial charge in [0.05, 0.1) is 0 Å². The fourth-order valence-corrected chi connectivity index (χ4v) is 3.20. The van der Waals surface area contributed by atoms with Gasteiger partial charge in [-0.15, -0.1) is 0 Å². The molecule has 1 aliphatic heterocycles. The molecule has 2 rings (SSSR count). The SMILES string of the molecule is CCC(CC)[C@H]1C[C@H](c2ccccc2)CCN1. The van der Waals surface area contributed by atoms with Crippen molar-refractivity contribution in [1.82, 2.24) is 5.32 Å². The molecule has 0 aliphatic carbocycles. The van der Waals surface area contributed by atoms with Gasteiger partial charge in [-0.3, -0.25) is 0 Å². The zero-order valence-electron chi connectivity index (χ0n) is 11.2. The Bertz CT molecular complexity index is 316. The maximum atomic E-state index is 3.72. The van der Waals surface area contributed by atoms with E-state index in [0.29, 0.717) is 0 Å². The molecule has 1 aromatic carbocycles. The van der Waals surface area contributed by atoms with Gasteiger partial charge in [0.25, 0.3) is 0 Å². The van der Waals surface area contributed by atoms with Crippen LogP contribution in [-0.2, 0) is 0 Å². The number of hydrogen-bond acceptors (Lipinski definition) is 1. The highest BCUT2D eigenvalue weighted by atomic mass is 14.9. The van der Waals surface area contributed by atoms with Gasteiger partial charge in [0.1, 0.15) is 0 Å². The van der Waals surface area contributed by atoms with Crippen molar-refractivity contribution in [2.24, 2.45) is 5.92 Å². The molecule has 0 unspecified atom stereocenters. The minimum absolute atomic E-state index is 0.726. The van der Waals surface area contributed by atoms with Crippen LogP contribution in [0.5, 0.6) is 0 Å². The first kappa shape index (κ1) is 12.6. The molecule has 1 heterocycles. The maximum absolute atomic E-state index is 3.72. The number of hydrogen-bond donors (Lipinski definition) is 1.